The molecule has 0 aliphatic carbocycles. The molecule has 3 nitrogen and oxygen atoms in total. The third kappa shape index (κ3) is 1.83. The Morgan fingerprint density at radius 1 is 1.50 bits per heavy atom. The summed E-state index contributed by atoms with van der Waals surface area (Å²) in [6.07, 6.45) is 3.66. The third-order valence-electron chi connectivity index (χ3n) is 1.32. The summed E-state index contributed by atoms with van der Waals surface area (Å²) in [6, 6.07) is 7.71. The quantitative estimate of drug-likeness (QED) is 0.639. The van der Waals surface area contributed by atoms with Crippen LogP contribution < -0.4 is 0 Å². The number of H-pyrrole nitrogens is 1. The predicted molar refractivity (Wildman–Crippen MR) is 47.4 cm³/mol. The van der Waals surface area contributed by atoms with Gasteiger partial charge >= 0.3 is 0 Å². The van der Waals surface area contributed by atoms with Crippen molar-refractivity contribution in [2.45, 2.75) is 6.92 Å². The Morgan fingerprint density at radius 2 is 2.25 bits per heavy atom. The van der Waals surface area contributed by atoms with E-state index in [0.29, 0.717) is 0 Å². The van der Waals surface area contributed by atoms with Crippen LogP contribution in [-0.2, 0) is 0 Å². The van der Waals surface area contributed by atoms with Gasteiger partial charge in [-0.05, 0) is 18.2 Å². The molecule has 0 amide bonds. The first-order valence-electron chi connectivity index (χ1n) is 3.57. The first-order valence-corrected chi connectivity index (χ1v) is 3.57. The van der Waals surface area contributed by atoms with E-state index in [0.717, 1.165) is 11.0 Å². The molecule has 0 spiro atoms. The highest BCUT2D eigenvalue weighted by molar-refractivity contribution is 5.74. The van der Waals surface area contributed by atoms with E-state index in [1.807, 2.05) is 24.4 Å². The second kappa shape index (κ2) is 4.14. The van der Waals surface area contributed by atoms with Gasteiger partial charge in [0.05, 0.1) is 6.07 Å². The van der Waals surface area contributed by atoms with E-state index in [2.05, 4.69) is 9.97 Å². The van der Waals surface area contributed by atoms with E-state index in [9.17, 15) is 0 Å². The highest BCUT2D eigenvalue weighted by atomic mass is 14.8. The van der Waals surface area contributed by atoms with Crippen LogP contribution in [0.25, 0.3) is 11.0 Å². The van der Waals surface area contributed by atoms with Crippen LogP contribution in [0.1, 0.15) is 6.92 Å². The summed E-state index contributed by atoms with van der Waals surface area (Å²) < 4.78 is 0. The molecular formula is C9H9N3. The Kier molecular flexibility index (Phi) is 2.86. The highest BCUT2D eigenvalue weighted by Gasteiger charge is 1.88. The summed E-state index contributed by atoms with van der Waals surface area (Å²) in [4.78, 5) is 7.09. The van der Waals surface area contributed by atoms with Crippen LogP contribution in [0, 0.1) is 11.3 Å². The number of nitrogens with one attached hydrogen (secondary N) is 1. The first-order chi connectivity index (χ1) is 5.88. The van der Waals surface area contributed by atoms with Crippen LogP contribution >= 0.6 is 0 Å². The van der Waals surface area contributed by atoms with Gasteiger partial charge in [0.1, 0.15) is 5.65 Å². The number of nitriles is 1. The van der Waals surface area contributed by atoms with E-state index in [4.69, 9.17) is 5.26 Å². The molecule has 1 N–H and O–H groups in total. The molecule has 12 heavy (non-hydrogen) atoms. The van der Waals surface area contributed by atoms with Crippen LogP contribution in [0.5, 0.6) is 0 Å². The zero-order valence-electron chi connectivity index (χ0n) is 6.78. The monoisotopic (exact) mass is 159 g/mol. The minimum absolute atomic E-state index is 0.956. The highest BCUT2D eigenvalue weighted by Crippen LogP contribution is 2.05. The van der Waals surface area contributed by atoms with Gasteiger partial charge in [-0.3, -0.25) is 0 Å². The average molecular weight is 159 g/mol. The second-order valence-electron chi connectivity index (χ2n) is 2.14. The largest absolute Gasteiger partial charge is 0.346 e. The second-order valence-corrected chi connectivity index (χ2v) is 2.14. The summed E-state index contributed by atoms with van der Waals surface area (Å²) in [6.45, 7) is 1.43. The number of nitrogens with zero attached hydrogens (tertiary/aromatic N) is 2. The number of fused-ring (bicyclic) bond motifs is 1. The maximum absolute atomic E-state index is 7.32. The van der Waals surface area contributed by atoms with Crippen LogP contribution in [0.15, 0.2) is 30.6 Å². The van der Waals surface area contributed by atoms with Crippen LogP contribution in [0.3, 0.4) is 0 Å². The topological polar surface area (TPSA) is 52.5 Å². The summed E-state index contributed by atoms with van der Waals surface area (Å²) >= 11 is 0. The number of hydrogen-bond donors (Lipinski definition) is 1. The Balaban J connectivity index is 0.000000213. The fourth-order valence-corrected chi connectivity index (χ4v) is 0.883. The summed E-state index contributed by atoms with van der Waals surface area (Å²) in [5.41, 5.74) is 0.956. The lowest BCUT2D eigenvalue weighted by Crippen LogP contribution is -1.70. The van der Waals surface area contributed by atoms with E-state index >= 15 is 0 Å². The van der Waals surface area contributed by atoms with Gasteiger partial charge in [0, 0.05) is 24.7 Å². The van der Waals surface area contributed by atoms with Crippen molar-refractivity contribution in [3.63, 3.8) is 0 Å². The van der Waals surface area contributed by atoms with Gasteiger partial charge in [0.2, 0.25) is 0 Å². The first kappa shape index (κ1) is 8.28. The standard InChI is InChI=1S/C7H6N2.C2H3N/c1-2-6-3-5-9-7(6)8-4-1;1-2-3/h1-5H,(H,8,9);1H3. The minimum Gasteiger partial charge on any atom is -0.346 e. The number of hydrogen-bond acceptors (Lipinski definition) is 2. The van der Waals surface area contributed by atoms with Crippen molar-refractivity contribution in [2.75, 3.05) is 0 Å². The molecule has 60 valence electrons. The zero-order chi connectivity index (χ0) is 8.81. The molecule has 0 unspecified atom stereocenters. The molecule has 3 heteroatoms. The normalized spacial score (nSPS) is 8.33. The molecule has 0 bridgehead atoms. The summed E-state index contributed by atoms with van der Waals surface area (Å²) in [5, 5.41) is 8.48. The molecule has 2 heterocycles. The zero-order valence-corrected chi connectivity index (χ0v) is 6.78. The van der Waals surface area contributed by atoms with Crippen molar-refractivity contribution >= 4 is 11.0 Å². The number of rotatable bonds is 0. The number of pyridine rings is 1. The number of aromatic nitrogens is 2. The fourth-order valence-electron chi connectivity index (χ4n) is 0.883. The SMILES string of the molecule is CC#N.c1cnc2[nH]ccc2c1. The van der Waals surface area contributed by atoms with Gasteiger partial charge in [-0.25, -0.2) is 4.98 Å². The third-order valence-corrected chi connectivity index (χ3v) is 1.32. The lowest BCUT2D eigenvalue weighted by Gasteiger charge is -1.82. The molecule has 0 aliphatic rings. The van der Waals surface area contributed by atoms with E-state index in [1.165, 1.54) is 6.92 Å². The van der Waals surface area contributed by atoms with E-state index in [-0.39, 0.29) is 0 Å². The van der Waals surface area contributed by atoms with Crippen LogP contribution in [0.2, 0.25) is 0 Å². The van der Waals surface area contributed by atoms with Gasteiger partial charge < -0.3 is 4.98 Å². The Labute approximate surface area is 70.7 Å². The predicted octanol–water partition coefficient (Wildman–Crippen LogP) is 2.09. The van der Waals surface area contributed by atoms with Crippen molar-refractivity contribution in [3.05, 3.63) is 30.6 Å². The van der Waals surface area contributed by atoms with Crippen molar-refractivity contribution < 1.29 is 0 Å². The van der Waals surface area contributed by atoms with Crippen molar-refractivity contribution in [3.8, 4) is 6.07 Å². The molecule has 0 saturated heterocycles. The van der Waals surface area contributed by atoms with Gasteiger partial charge in [0.15, 0.2) is 0 Å². The van der Waals surface area contributed by atoms with Gasteiger partial charge in [-0.1, -0.05) is 0 Å². The molecule has 0 aliphatic heterocycles. The summed E-state index contributed by atoms with van der Waals surface area (Å²) in [7, 11) is 0. The average Bonchev–Trinajstić information content (AvgIpc) is 2.52. The van der Waals surface area contributed by atoms with E-state index < -0.39 is 0 Å². The molecule has 2 rings (SSSR count). The fraction of sp³-hybridized carbons (Fsp3) is 0.111. The van der Waals surface area contributed by atoms with Gasteiger partial charge in [-0.2, -0.15) is 5.26 Å². The lowest BCUT2D eigenvalue weighted by molar-refractivity contribution is 1.33. The Bertz CT molecular complexity index is 354. The molecule has 2 aromatic rings. The maximum atomic E-state index is 7.32. The minimum atomic E-state index is 0.956. The molecule has 0 radical (unpaired) electrons. The Morgan fingerprint density at radius 3 is 2.92 bits per heavy atom. The molecule has 2 aromatic heterocycles. The van der Waals surface area contributed by atoms with E-state index in [1.54, 1.807) is 12.3 Å². The molecule has 0 saturated carbocycles. The van der Waals surface area contributed by atoms with Crippen LogP contribution in [-0.4, -0.2) is 9.97 Å². The summed E-state index contributed by atoms with van der Waals surface area (Å²) in [5.74, 6) is 0. The van der Waals surface area contributed by atoms with Gasteiger partial charge in [0.25, 0.3) is 0 Å². The Hall–Kier alpha value is -1.82. The van der Waals surface area contributed by atoms with Crippen molar-refractivity contribution in [1.29, 1.82) is 5.26 Å². The molecule has 0 atom stereocenters. The maximum Gasteiger partial charge on any atom is 0.137 e. The van der Waals surface area contributed by atoms with Crippen LogP contribution in [0.4, 0.5) is 0 Å². The lowest BCUT2D eigenvalue weighted by atomic mass is 10.3. The molecular weight excluding hydrogens is 150 g/mol. The van der Waals surface area contributed by atoms with Crippen molar-refractivity contribution in [1.82, 2.24) is 9.97 Å². The van der Waals surface area contributed by atoms with Gasteiger partial charge in [-0.15, -0.1) is 0 Å². The number of aromatic amines is 1. The van der Waals surface area contributed by atoms with Crippen molar-refractivity contribution in [2.24, 2.45) is 0 Å². The molecule has 0 aromatic carbocycles. The molecule has 0 fully saturated rings. The smallest absolute Gasteiger partial charge is 0.137 e.